The van der Waals surface area contributed by atoms with Crippen LogP contribution in [0.2, 0.25) is 0 Å². The van der Waals surface area contributed by atoms with Crippen LogP contribution in [0.1, 0.15) is 33.6 Å². The monoisotopic (exact) mass is 128 g/mol. The Morgan fingerprint density at radius 3 is 1.67 bits per heavy atom. The van der Waals surface area contributed by atoms with Crippen LogP contribution >= 0.6 is 0 Å². The summed E-state index contributed by atoms with van der Waals surface area (Å²) < 4.78 is 0. The summed E-state index contributed by atoms with van der Waals surface area (Å²) in [5.41, 5.74) is -0.389. The molecule has 0 aliphatic heterocycles. The minimum absolute atomic E-state index is 0.389. The normalized spacial score (nSPS) is 52.0. The van der Waals surface area contributed by atoms with Crippen LogP contribution in [0.15, 0.2) is 0 Å². The van der Waals surface area contributed by atoms with E-state index >= 15 is 0 Å². The molecule has 0 heterocycles. The van der Waals surface area contributed by atoms with E-state index in [1.807, 2.05) is 6.92 Å². The molecule has 0 spiro atoms. The van der Waals surface area contributed by atoms with Crippen LogP contribution in [0.3, 0.4) is 0 Å². The minimum Gasteiger partial charge on any atom is -0.390 e. The third-order valence-corrected chi connectivity index (χ3v) is 3.03. The van der Waals surface area contributed by atoms with E-state index in [0.717, 1.165) is 0 Å². The van der Waals surface area contributed by atoms with Gasteiger partial charge in [-0.2, -0.15) is 0 Å². The Kier molecular flexibility index (Phi) is 1.55. The molecule has 1 N–H and O–H groups in total. The van der Waals surface area contributed by atoms with Gasteiger partial charge in [-0.1, -0.05) is 13.8 Å². The first-order chi connectivity index (χ1) is 4.05. The Balaban J connectivity index is 2.66. The van der Waals surface area contributed by atoms with E-state index in [2.05, 4.69) is 13.8 Å². The molecule has 1 rings (SSSR count). The summed E-state index contributed by atoms with van der Waals surface area (Å²) in [5, 5.41) is 9.73. The Bertz CT molecular complexity index is 95.1. The largest absolute Gasteiger partial charge is 0.390 e. The lowest BCUT2D eigenvalue weighted by atomic mass is 9.88. The molecule has 1 aliphatic carbocycles. The first-order valence-corrected chi connectivity index (χ1v) is 3.77. The van der Waals surface area contributed by atoms with Crippen molar-refractivity contribution in [2.24, 2.45) is 11.8 Å². The fourth-order valence-corrected chi connectivity index (χ4v) is 1.57. The number of aliphatic hydroxyl groups is 1. The van der Waals surface area contributed by atoms with Crippen molar-refractivity contribution in [3.63, 3.8) is 0 Å². The first-order valence-electron chi connectivity index (χ1n) is 3.77. The topological polar surface area (TPSA) is 20.2 Å². The van der Waals surface area contributed by atoms with Gasteiger partial charge in [-0.15, -0.1) is 0 Å². The zero-order valence-electron chi connectivity index (χ0n) is 6.52. The maximum absolute atomic E-state index is 9.73. The molecule has 0 radical (unpaired) electrons. The molecule has 54 valence electrons. The van der Waals surface area contributed by atoms with Crippen LogP contribution in [0, 0.1) is 11.8 Å². The average molecular weight is 128 g/mol. The molecule has 1 nitrogen and oxygen atoms in total. The van der Waals surface area contributed by atoms with Crippen LogP contribution in [0.5, 0.6) is 0 Å². The standard InChI is InChI=1S/C8H16O/c1-6-4-5-7(2)8(6,3)9/h6-7,9H,4-5H2,1-3H3. The second kappa shape index (κ2) is 1.98. The smallest absolute Gasteiger partial charge is 0.0670 e. The molecule has 0 aromatic rings. The van der Waals surface area contributed by atoms with Gasteiger partial charge >= 0.3 is 0 Å². The van der Waals surface area contributed by atoms with E-state index in [0.29, 0.717) is 11.8 Å². The Hall–Kier alpha value is -0.0400. The molecule has 2 unspecified atom stereocenters. The summed E-state index contributed by atoms with van der Waals surface area (Å²) in [6, 6.07) is 0. The number of hydrogen-bond donors (Lipinski definition) is 1. The third-order valence-electron chi connectivity index (χ3n) is 3.03. The molecule has 1 aliphatic rings. The average Bonchev–Trinajstić information content (AvgIpc) is 1.96. The predicted octanol–water partition coefficient (Wildman–Crippen LogP) is 1.80. The maximum Gasteiger partial charge on any atom is 0.0670 e. The van der Waals surface area contributed by atoms with Crippen molar-refractivity contribution in [3.8, 4) is 0 Å². The van der Waals surface area contributed by atoms with Crippen LogP contribution in [0.25, 0.3) is 0 Å². The van der Waals surface area contributed by atoms with Crippen molar-refractivity contribution in [1.82, 2.24) is 0 Å². The third kappa shape index (κ3) is 0.983. The first kappa shape index (κ1) is 7.07. The summed E-state index contributed by atoms with van der Waals surface area (Å²) in [6.45, 7) is 6.21. The van der Waals surface area contributed by atoms with Crippen molar-refractivity contribution in [2.75, 3.05) is 0 Å². The van der Waals surface area contributed by atoms with Gasteiger partial charge in [-0.05, 0) is 31.6 Å². The highest BCUT2D eigenvalue weighted by molar-refractivity contribution is 4.90. The van der Waals surface area contributed by atoms with Gasteiger partial charge in [-0.25, -0.2) is 0 Å². The highest BCUT2D eigenvalue weighted by Crippen LogP contribution is 2.39. The molecule has 1 heteroatoms. The van der Waals surface area contributed by atoms with Crippen LogP contribution in [-0.4, -0.2) is 10.7 Å². The van der Waals surface area contributed by atoms with Crippen molar-refractivity contribution in [2.45, 2.75) is 39.2 Å². The molecule has 0 aromatic heterocycles. The lowest BCUT2D eigenvalue weighted by molar-refractivity contribution is -0.00663. The fraction of sp³-hybridized carbons (Fsp3) is 1.00. The van der Waals surface area contributed by atoms with Crippen molar-refractivity contribution < 1.29 is 5.11 Å². The summed E-state index contributed by atoms with van der Waals surface area (Å²) in [5.74, 6) is 0.986. The van der Waals surface area contributed by atoms with Gasteiger partial charge in [0.1, 0.15) is 0 Å². The van der Waals surface area contributed by atoms with Gasteiger partial charge in [0.2, 0.25) is 0 Å². The summed E-state index contributed by atoms with van der Waals surface area (Å²) in [6.07, 6.45) is 2.38. The maximum atomic E-state index is 9.73. The second-order valence-corrected chi connectivity index (χ2v) is 3.61. The second-order valence-electron chi connectivity index (χ2n) is 3.61. The molecule has 1 saturated carbocycles. The highest BCUT2D eigenvalue weighted by Gasteiger charge is 2.39. The van der Waals surface area contributed by atoms with Crippen molar-refractivity contribution in [1.29, 1.82) is 0 Å². The van der Waals surface area contributed by atoms with Gasteiger partial charge in [0, 0.05) is 0 Å². The Labute approximate surface area is 57.1 Å². The van der Waals surface area contributed by atoms with Crippen LogP contribution in [0.4, 0.5) is 0 Å². The zero-order valence-corrected chi connectivity index (χ0v) is 6.52. The fourth-order valence-electron chi connectivity index (χ4n) is 1.57. The quantitative estimate of drug-likeness (QED) is 0.527. The van der Waals surface area contributed by atoms with E-state index in [1.54, 1.807) is 0 Å². The van der Waals surface area contributed by atoms with Gasteiger partial charge in [0.15, 0.2) is 0 Å². The summed E-state index contributed by atoms with van der Waals surface area (Å²) in [4.78, 5) is 0. The molecule has 0 aromatic carbocycles. The molecule has 0 saturated heterocycles. The molecule has 0 amide bonds. The zero-order chi connectivity index (χ0) is 7.07. The van der Waals surface area contributed by atoms with E-state index in [1.165, 1.54) is 12.8 Å². The van der Waals surface area contributed by atoms with Gasteiger partial charge in [-0.3, -0.25) is 0 Å². The SMILES string of the molecule is CC1CCC(C)C1(C)O. The van der Waals surface area contributed by atoms with Crippen LogP contribution < -0.4 is 0 Å². The lowest BCUT2D eigenvalue weighted by Gasteiger charge is -2.26. The minimum atomic E-state index is -0.389. The van der Waals surface area contributed by atoms with Crippen molar-refractivity contribution >= 4 is 0 Å². The molecular weight excluding hydrogens is 112 g/mol. The van der Waals surface area contributed by atoms with E-state index in [4.69, 9.17) is 0 Å². The summed E-state index contributed by atoms with van der Waals surface area (Å²) in [7, 11) is 0. The van der Waals surface area contributed by atoms with Crippen LogP contribution in [-0.2, 0) is 0 Å². The van der Waals surface area contributed by atoms with Gasteiger partial charge in [0.25, 0.3) is 0 Å². The Morgan fingerprint density at radius 2 is 1.56 bits per heavy atom. The Morgan fingerprint density at radius 1 is 1.22 bits per heavy atom. The lowest BCUT2D eigenvalue weighted by Crippen LogP contribution is -2.32. The van der Waals surface area contributed by atoms with Crippen molar-refractivity contribution in [3.05, 3.63) is 0 Å². The van der Waals surface area contributed by atoms with Gasteiger partial charge < -0.3 is 5.11 Å². The van der Waals surface area contributed by atoms with E-state index in [-0.39, 0.29) is 5.60 Å². The number of hydrogen-bond acceptors (Lipinski definition) is 1. The van der Waals surface area contributed by atoms with E-state index < -0.39 is 0 Å². The predicted molar refractivity (Wildman–Crippen MR) is 38.2 cm³/mol. The van der Waals surface area contributed by atoms with Gasteiger partial charge in [0.05, 0.1) is 5.60 Å². The summed E-state index contributed by atoms with van der Waals surface area (Å²) >= 11 is 0. The van der Waals surface area contributed by atoms with E-state index in [9.17, 15) is 5.11 Å². The highest BCUT2D eigenvalue weighted by atomic mass is 16.3. The molecule has 9 heavy (non-hydrogen) atoms. The molecule has 1 fully saturated rings. The molecular formula is C8H16O. The number of rotatable bonds is 0. The molecule has 2 atom stereocenters. The molecule has 0 bridgehead atoms.